The maximum Gasteiger partial charge on any atom is 0.404 e. The molecule has 1 aliphatic heterocycles. The highest BCUT2D eigenvalue weighted by molar-refractivity contribution is 7.13. The van der Waals surface area contributed by atoms with Gasteiger partial charge in [-0.25, -0.2) is 9.78 Å². The van der Waals surface area contributed by atoms with Gasteiger partial charge in [-0.3, -0.25) is 0 Å². The minimum atomic E-state index is -0.663. The van der Waals surface area contributed by atoms with Gasteiger partial charge in [-0.2, -0.15) is 0 Å². The normalized spacial score (nSPS) is 33.1. The molecule has 2 heterocycles. The molecular weight excluding hydrogens is 262 g/mol. The fraction of sp³-hybridized carbons (Fsp3) is 0.692. The summed E-state index contributed by atoms with van der Waals surface area (Å²) in [5.74, 6) is 0.365. The summed E-state index contributed by atoms with van der Waals surface area (Å²) in [5, 5.41) is 3.04. The number of anilines is 1. The molecule has 3 atom stereocenters. The number of hydrogen-bond donors (Lipinski definition) is 1. The molecule has 0 aromatic carbocycles. The molecule has 19 heavy (non-hydrogen) atoms. The van der Waals surface area contributed by atoms with Crippen LogP contribution < -0.4 is 10.6 Å². The van der Waals surface area contributed by atoms with E-state index >= 15 is 0 Å². The Kier molecular flexibility index (Phi) is 2.58. The number of rotatable bonds is 2. The molecule has 3 rings (SSSR count). The third-order valence-corrected chi connectivity index (χ3v) is 5.46. The van der Waals surface area contributed by atoms with E-state index in [4.69, 9.17) is 10.5 Å². The second kappa shape index (κ2) is 3.85. The van der Waals surface area contributed by atoms with Gasteiger partial charge in [0.15, 0.2) is 5.13 Å². The predicted octanol–water partition coefficient (Wildman–Crippen LogP) is 2.09. The van der Waals surface area contributed by atoms with Gasteiger partial charge in [0.05, 0.1) is 0 Å². The highest BCUT2D eigenvalue weighted by Gasteiger charge is 2.76. The quantitative estimate of drug-likeness (QED) is 0.901. The standard InChI is InChI=1S/C13H19N3O2S/c1-12(2,3)13-7-16(11-15-4-5-19-11)6-8(13)9(13)18-10(14)17/h4-5,8-9H,6-7H2,1-3H3,(H2,14,17). The molecule has 3 unspecified atom stereocenters. The molecule has 1 amide bonds. The van der Waals surface area contributed by atoms with E-state index < -0.39 is 6.09 Å². The summed E-state index contributed by atoms with van der Waals surface area (Å²) in [6.07, 6.45) is 1.12. The third kappa shape index (κ3) is 1.73. The van der Waals surface area contributed by atoms with Crippen LogP contribution >= 0.6 is 11.3 Å². The summed E-state index contributed by atoms with van der Waals surface area (Å²) < 4.78 is 5.32. The first-order chi connectivity index (χ1) is 8.86. The van der Waals surface area contributed by atoms with E-state index in [-0.39, 0.29) is 16.9 Å². The lowest BCUT2D eigenvalue weighted by atomic mass is 9.76. The minimum absolute atomic E-state index is 0.00764. The molecule has 1 saturated carbocycles. The van der Waals surface area contributed by atoms with Crippen molar-refractivity contribution in [2.24, 2.45) is 22.5 Å². The van der Waals surface area contributed by atoms with Gasteiger partial charge in [0, 0.05) is 36.0 Å². The minimum Gasteiger partial charge on any atom is -0.445 e. The Bertz CT molecular complexity index is 496. The molecule has 5 nitrogen and oxygen atoms in total. The van der Waals surface area contributed by atoms with Crippen molar-refractivity contribution in [3.05, 3.63) is 11.6 Å². The van der Waals surface area contributed by atoms with Gasteiger partial charge in [-0.15, -0.1) is 11.3 Å². The molecule has 1 aliphatic carbocycles. The van der Waals surface area contributed by atoms with Crippen LogP contribution in [0.1, 0.15) is 20.8 Å². The second-order valence-electron chi connectivity index (χ2n) is 6.45. The van der Waals surface area contributed by atoms with Gasteiger partial charge < -0.3 is 15.4 Å². The van der Waals surface area contributed by atoms with Crippen molar-refractivity contribution in [3.8, 4) is 0 Å². The number of piperidine rings is 1. The van der Waals surface area contributed by atoms with Gasteiger partial charge in [-0.1, -0.05) is 20.8 Å². The lowest BCUT2D eigenvalue weighted by Gasteiger charge is -2.32. The van der Waals surface area contributed by atoms with Crippen LogP contribution in [-0.2, 0) is 4.74 Å². The maximum atomic E-state index is 11.0. The van der Waals surface area contributed by atoms with Crippen molar-refractivity contribution in [1.29, 1.82) is 0 Å². The molecule has 0 spiro atoms. The molecule has 104 valence electrons. The highest BCUT2D eigenvalue weighted by atomic mass is 32.1. The first kappa shape index (κ1) is 12.7. The smallest absolute Gasteiger partial charge is 0.404 e. The summed E-state index contributed by atoms with van der Waals surface area (Å²) in [6, 6.07) is 0. The van der Waals surface area contributed by atoms with Gasteiger partial charge in [0.25, 0.3) is 0 Å². The molecule has 0 bridgehead atoms. The number of amides is 1. The summed E-state index contributed by atoms with van der Waals surface area (Å²) in [5.41, 5.74) is 5.26. The van der Waals surface area contributed by atoms with Gasteiger partial charge in [-0.05, 0) is 5.41 Å². The Balaban J connectivity index is 1.82. The summed E-state index contributed by atoms with van der Waals surface area (Å²) >= 11 is 1.65. The SMILES string of the molecule is CC(C)(C)C12CN(c3nccs3)CC1C2OC(N)=O. The molecule has 2 aliphatic rings. The van der Waals surface area contributed by atoms with Gasteiger partial charge in [0.2, 0.25) is 0 Å². The fourth-order valence-corrected chi connectivity index (χ4v) is 4.27. The average Bonchev–Trinajstić information content (AvgIpc) is 2.79. The van der Waals surface area contributed by atoms with Gasteiger partial charge >= 0.3 is 6.09 Å². The van der Waals surface area contributed by atoms with Crippen LogP contribution in [-0.4, -0.2) is 30.3 Å². The fourth-order valence-electron chi connectivity index (χ4n) is 3.61. The highest BCUT2D eigenvalue weighted by Crippen LogP contribution is 2.68. The van der Waals surface area contributed by atoms with E-state index in [1.54, 1.807) is 11.3 Å². The number of nitrogens with two attached hydrogens (primary N) is 1. The number of ether oxygens (including phenoxy) is 1. The Labute approximate surface area is 116 Å². The Morgan fingerprint density at radius 2 is 2.37 bits per heavy atom. The Morgan fingerprint density at radius 1 is 1.63 bits per heavy atom. The zero-order chi connectivity index (χ0) is 13.8. The van der Waals surface area contributed by atoms with E-state index in [1.807, 2.05) is 11.6 Å². The Hall–Kier alpha value is -1.30. The molecule has 6 heteroatoms. The zero-order valence-corrected chi connectivity index (χ0v) is 12.2. The molecule has 1 aromatic rings. The van der Waals surface area contributed by atoms with Crippen LogP contribution in [0.2, 0.25) is 0 Å². The van der Waals surface area contributed by atoms with Crippen molar-refractivity contribution in [2.75, 3.05) is 18.0 Å². The number of thiazole rings is 1. The molecule has 0 radical (unpaired) electrons. The van der Waals surface area contributed by atoms with Crippen LogP contribution in [0.3, 0.4) is 0 Å². The molecule has 2 N–H and O–H groups in total. The van der Waals surface area contributed by atoms with Crippen LogP contribution in [0.15, 0.2) is 11.6 Å². The Morgan fingerprint density at radius 3 is 2.84 bits per heavy atom. The van der Waals surface area contributed by atoms with E-state index in [0.29, 0.717) is 5.92 Å². The number of aromatic nitrogens is 1. The molecule has 1 saturated heterocycles. The van der Waals surface area contributed by atoms with Crippen molar-refractivity contribution in [3.63, 3.8) is 0 Å². The summed E-state index contributed by atoms with van der Waals surface area (Å²) in [4.78, 5) is 17.7. The predicted molar refractivity (Wildman–Crippen MR) is 74.2 cm³/mol. The lowest BCUT2D eigenvalue weighted by Crippen LogP contribution is -2.37. The topological polar surface area (TPSA) is 68.5 Å². The van der Waals surface area contributed by atoms with Crippen LogP contribution in [0.25, 0.3) is 0 Å². The second-order valence-corrected chi connectivity index (χ2v) is 7.32. The lowest BCUT2D eigenvalue weighted by molar-refractivity contribution is 0.0962. The average molecular weight is 281 g/mol. The number of hydrogen-bond acceptors (Lipinski definition) is 5. The van der Waals surface area contributed by atoms with Crippen LogP contribution in [0.5, 0.6) is 0 Å². The summed E-state index contributed by atoms with van der Waals surface area (Å²) in [7, 11) is 0. The number of fused-ring (bicyclic) bond motifs is 1. The molecule has 1 aromatic heterocycles. The monoisotopic (exact) mass is 281 g/mol. The van der Waals surface area contributed by atoms with E-state index in [2.05, 4.69) is 30.7 Å². The van der Waals surface area contributed by atoms with Crippen molar-refractivity contribution in [2.45, 2.75) is 26.9 Å². The maximum absolute atomic E-state index is 11.0. The van der Waals surface area contributed by atoms with Crippen LogP contribution in [0.4, 0.5) is 9.93 Å². The van der Waals surface area contributed by atoms with E-state index in [0.717, 1.165) is 18.2 Å². The number of nitrogens with zero attached hydrogens (tertiary/aromatic N) is 2. The molecule has 2 fully saturated rings. The number of carbonyl (C=O) groups excluding carboxylic acids is 1. The number of carbonyl (C=O) groups is 1. The van der Waals surface area contributed by atoms with E-state index in [1.165, 1.54) is 0 Å². The van der Waals surface area contributed by atoms with Crippen molar-refractivity contribution >= 4 is 22.6 Å². The molecular formula is C13H19N3O2S. The first-order valence-corrected chi connectivity index (χ1v) is 7.35. The summed E-state index contributed by atoms with van der Waals surface area (Å²) in [6.45, 7) is 8.39. The van der Waals surface area contributed by atoms with Crippen molar-refractivity contribution in [1.82, 2.24) is 4.98 Å². The largest absolute Gasteiger partial charge is 0.445 e. The van der Waals surface area contributed by atoms with E-state index in [9.17, 15) is 4.79 Å². The third-order valence-electron chi connectivity index (χ3n) is 4.62. The van der Waals surface area contributed by atoms with Gasteiger partial charge in [0.1, 0.15) is 6.10 Å². The number of primary amides is 1. The first-order valence-electron chi connectivity index (χ1n) is 6.47. The van der Waals surface area contributed by atoms with Crippen molar-refractivity contribution < 1.29 is 9.53 Å². The zero-order valence-electron chi connectivity index (χ0n) is 11.4. The van der Waals surface area contributed by atoms with Crippen LogP contribution in [0, 0.1) is 16.7 Å².